The quantitative estimate of drug-likeness (QED) is 0.605. The number of aryl methyl sites for hydroxylation is 1. The van der Waals surface area contributed by atoms with Crippen molar-refractivity contribution < 1.29 is 9.32 Å². The third kappa shape index (κ3) is 4.66. The van der Waals surface area contributed by atoms with Gasteiger partial charge in [-0.3, -0.25) is 9.69 Å². The van der Waals surface area contributed by atoms with E-state index in [0.717, 1.165) is 24.2 Å². The molecular weight excluding hydrogens is 376 g/mol. The van der Waals surface area contributed by atoms with E-state index in [0.29, 0.717) is 24.8 Å². The molecule has 0 spiro atoms. The van der Waals surface area contributed by atoms with Gasteiger partial charge < -0.3 is 9.42 Å². The van der Waals surface area contributed by atoms with E-state index in [4.69, 9.17) is 4.52 Å². The zero-order valence-corrected chi connectivity index (χ0v) is 17.4. The highest BCUT2D eigenvalue weighted by molar-refractivity contribution is 5.91. The van der Waals surface area contributed by atoms with Gasteiger partial charge >= 0.3 is 0 Å². The van der Waals surface area contributed by atoms with Crippen molar-refractivity contribution in [1.29, 1.82) is 0 Å². The number of amides is 1. The molecule has 1 aliphatic heterocycles. The number of nitrogens with zero attached hydrogens (tertiary/aromatic N) is 4. The summed E-state index contributed by atoms with van der Waals surface area (Å²) in [6.07, 6.45) is 3.52. The third-order valence-corrected chi connectivity index (χ3v) is 5.50. The molecule has 2 heterocycles. The fourth-order valence-electron chi connectivity index (χ4n) is 3.55. The van der Waals surface area contributed by atoms with Gasteiger partial charge in [-0.05, 0) is 25.5 Å². The van der Waals surface area contributed by atoms with Crippen LogP contribution in [0.3, 0.4) is 0 Å². The summed E-state index contributed by atoms with van der Waals surface area (Å²) in [5, 5.41) is 4.14. The summed E-state index contributed by atoms with van der Waals surface area (Å²) in [6, 6.07) is 18.0. The smallest absolute Gasteiger partial charge is 0.246 e. The SMILES string of the molecule is Cc1ccc(-c2noc(C(C)N3CCN(C(=O)/C=C/c4ccccc4)CC3)n2)cc1. The maximum Gasteiger partial charge on any atom is 0.246 e. The van der Waals surface area contributed by atoms with E-state index in [1.807, 2.05) is 65.6 Å². The Labute approximate surface area is 176 Å². The van der Waals surface area contributed by atoms with Crippen molar-refractivity contribution in [2.45, 2.75) is 19.9 Å². The van der Waals surface area contributed by atoms with Crippen molar-refractivity contribution in [1.82, 2.24) is 19.9 Å². The van der Waals surface area contributed by atoms with Crippen LogP contribution in [0.1, 0.15) is 30.0 Å². The molecule has 1 saturated heterocycles. The summed E-state index contributed by atoms with van der Waals surface area (Å²) in [5.74, 6) is 1.26. The first-order valence-electron chi connectivity index (χ1n) is 10.3. The maximum atomic E-state index is 12.5. The predicted octanol–water partition coefficient (Wildman–Crippen LogP) is 3.96. The van der Waals surface area contributed by atoms with Crippen LogP contribution in [0.5, 0.6) is 0 Å². The molecule has 2 aromatic carbocycles. The van der Waals surface area contributed by atoms with Crippen LogP contribution >= 0.6 is 0 Å². The number of hydrogen-bond donors (Lipinski definition) is 0. The fourth-order valence-corrected chi connectivity index (χ4v) is 3.55. The number of carbonyl (C=O) groups excluding carboxylic acids is 1. The monoisotopic (exact) mass is 402 g/mol. The highest BCUT2D eigenvalue weighted by atomic mass is 16.5. The Morgan fingerprint density at radius 2 is 1.73 bits per heavy atom. The number of piperazine rings is 1. The van der Waals surface area contributed by atoms with E-state index in [1.165, 1.54) is 5.56 Å². The third-order valence-electron chi connectivity index (χ3n) is 5.50. The summed E-state index contributed by atoms with van der Waals surface area (Å²) in [7, 11) is 0. The molecule has 1 amide bonds. The largest absolute Gasteiger partial charge is 0.337 e. The molecule has 154 valence electrons. The maximum absolute atomic E-state index is 12.5. The lowest BCUT2D eigenvalue weighted by molar-refractivity contribution is -0.128. The molecule has 1 unspecified atom stereocenters. The van der Waals surface area contributed by atoms with Crippen LogP contribution in [-0.4, -0.2) is 52.0 Å². The van der Waals surface area contributed by atoms with E-state index in [9.17, 15) is 4.79 Å². The van der Waals surface area contributed by atoms with Gasteiger partial charge in [0.25, 0.3) is 0 Å². The van der Waals surface area contributed by atoms with E-state index in [2.05, 4.69) is 28.9 Å². The molecule has 0 N–H and O–H groups in total. The normalized spacial score (nSPS) is 16.1. The molecule has 6 heteroatoms. The molecule has 1 aromatic heterocycles. The van der Waals surface area contributed by atoms with E-state index in [1.54, 1.807) is 6.08 Å². The summed E-state index contributed by atoms with van der Waals surface area (Å²) < 4.78 is 5.53. The summed E-state index contributed by atoms with van der Waals surface area (Å²) in [5.41, 5.74) is 3.17. The minimum atomic E-state index is 0.00816. The summed E-state index contributed by atoms with van der Waals surface area (Å²) in [6.45, 7) is 7.03. The average Bonchev–Trinajstić information content (AvgIpc) is 3.28. The summed E-state index contributed by atoms with van der Waals surface area (Å²) >= 11 is 0. The first-order chi connectivity index (χ1) is 14.6. The molecular formula is C24H26N4O2. The van der Waals surface area contributed by atoms with Crippen molar-refractivity contribution in [3.05, 3.63) is 77.7 Å². The van der Waals surface area contributed by atoms with Crippen molar-refractivity contribution >= 4 is 12.0 Å². The van der Waals surface area contributed by atoms with Gasteiger partial charge in [0.1, 0.15) is 0 Å². The predicted molar refractivity (Wildman–Crippen MR) is 117 cm³/mol. The second kappa shape index (κ2) is 9.05. The molecule has 1 atom stereocenters. The van der Waals surface area contributed by atoms with Gasteiger partial charge in [0.15, 0.2) is 0 Å². The molecule has 1 fully saturated rings. The molecule has 0 aliphatic carbocycles. The van der Waals surface area contributed by atoms with Gasteiger partial charge in [0, 0.05) is 37.8 Å². The highest BCUT2D eigenvalue weighted by Crippen LogP contribution is 2.23. The summed E-state index contributed by atoms with van der Waals surface area (Å²) in [4.78, 5) is 21.2. The van der Waals surface area contributed by atoms with Gasteiger partial charge in [-0.25, -0.2) is 0 Å². The van der Waals surface area contributed by atoms with Crippen molar-refractivity contribution in [2.24, 2.45) is 0 Å². The molecule has 0 radical (unpaired) electrons. The highest BCUT2D eigenvalue weighted by Gasteiger charge is 2.27. The zero-order valence-electron chi connectivity index (χ0n) is 17.4. The van der Waals surface area contributed by atoms with Crippen molar-refractivity contribution in [3.63, 3.8) is 0 Å². The molecule has 0 bridgehead atoms. The number of benzene rings is 2. The van der Waals surface area contributed by atoms with Crippen LogP contribution in [-0.2, 0) is 4.79 Å². The number of carbonyl (C=O) groups is 1. The number of aromatic nitrogens is 2. The molecule has 4 rings (SSSR count). The van der Waals surface area contributed by atoms with E-state index >= 15 is 0 Å². The van der Waals surface area contributed by atoms with Gasteiger partial charge in [-0.2, -0.15) is 4.98 Å². The fraction of sp³-hybridized carbons (Fsp3) is 0.292. The molecule has 6 nitrogen and oxygen atoms in total. The molecule has 0 saturated carbocycles. The lowest BCUT2D eigenvalue weighted by Crippen LogP contribution is -2.48. The average molecular weight is 402 g/mol. The van der Waals surface area contributed by atoms with Crippen LogP contribution in [0.2, 0.25) is 0 Å². The van der Waals surface area contributed by atoms with Gasteiger partial charge in [-0.1, -0.05) is 65.3 Å². The van der Waals surface area contributed by atoms with Crippen molar-refractivity contribution in [2.75, 3.05) is 26.2 Å². The minimum absolute atomic E-state index is 0.00816. The van der Waals surface area contributed by atoms with Crippen LogP contribution in [0.4, 0.5) is 0 Å². The Morgan fingerprint density at radius 1 is 1.03 bits per heavy atom. The first-order valence-corrected chi connectivity index (χ1v) is 10.3. The van der Waals surface area contributed by atoms with E-state index in [-0.39, 0.29) is 11.9 Å². The Morgan fingerprint density at radius 3 is 2.43 bits per heavy atom. The number of hydrogen-bond acceptors (Lipinski definition) is 5. The Balaban J connectivity index is 1.33. The van der Waals surface area contributed by atoms with Crippen molar-refractivity contribution in [3.8, 4) is 11.4 Å². The topological polar surface area (TPSA) is 62.5 Å². The number of rotatable bonds is 5. The lowest BCUT2D eigenvalue weighted by Gasteiger charge is -2.36. The van der Waals surface area contributed by atoms with Crippen LogP contribution < -0.4 is 0 Å². The van der Waals surface area contributed by atoms with Gasteiger partial charge in [0.05, 0.1) is 6.04 Å². The standard InChI is InChI=1S/C24H26N4O2/c1-18-8-11-21(12-9-18)23-25-24(30-26-23)19(2)27-14-16-28(17-15-27)22(29)13-10-20-6-4-3-5-7-20/h3-13,19H,14-17H2,1-2H3/b13-10+. The van der Waals surface area contributed by atoms with Crippen LogP contribution in [0.15, 0.2) is 65.2 Å². The van der Waals surface area contributed by atoms with Gasteiger partial charge in [0.2, 0.25) is 17.6 Å². The second-order valence-corrected chi connectivity index (χ2v) is 7.60. The second-order valence-electron chi connectivity index (χ2n) is 7.60. The van der Waals surface area contributed by atoms with Gasteiger partial charge in [-0.15, -0.1) is 0 Å². The molecule has 1 aliphatic rings. The van der Waals surface area contributed by atoms with E-state index < -0.39 is 0 Å². The van der Waals surface area contributed by atoms with Crippen LogP contribution in [0, 0.1) is 6.92 Å². The Hall–Kier alpha value is -3.25. The molecule has 30 heavy (non-hydrogen) atoms. The molecule has 3 aromatic rings. The Kier molecular flexibility index (Phi) is 6.05. The lowest BCUT2D eigenvalue weighted by atomic mass is 10.1. The first kappa shape index (κ1) is 20.0. The van der Waals surface area contributed by atoms with Crippen LogP contribution in [0.25, 0.3) is 17.5 Å². The minimum Gasteiger partial charge on any atom is -0.337 e. The Bertz CT molecular complexity index is 1000. The zero-order chi connectivity index (χ0) is 20.9.